The van der Waals surface area contributed by atoms with Crippen molar-refractivity contribution in [2.75, 3.05) is 0 Å². The Bertz CT molecular complexity index is 430. The van der Waals surface area contributed by atoms with Gasteiger partial charge in [-0.25, -0.2) is 4.98 Å². The molecule has 0 amide bonds. The van der Waals surface area contributed by atoms with Gasteiger partial charge >= 0.3 is 12.5 Å². The van der Waals surface area contributed by atoms with E-state index in [0.29, 0.717) is 6.07 Å². The van der Waals surface area contributed by atoms with Crippen LogP contribution in [-0.2, 0) is 6.18 Å². The predicted octanol–water partition coefficient (Wildman–Crippen LogP) is 4.21. The molecule has 0 N–H and O–H groups in total. The first-order valence-corrected chi connectivity index (χ1v) is 5.85. The van der Waals surface area contributed by atoms with Crippen molar-refractivity contribution in [2.45, 2.75) is 12.5 Å². The molecule has 0 saturated carbocycles. The third kappa shape index (κ3) is 4.30. The van der Waals surface area contributed by atoms with Gasteiger partial charge in [-0.2, -0.15) is 13.2 Å². The van der Waals surface area contributed by atoms with Crippen molar-refractivity contribution in [3.8, 4) is 5.88 Å². The molecule has 0 aromatic carbocycles. The number of pyridine rings is 1. The molecule has 0 unspecified atom stereocenters. The van der Waals surface area contributed by atoms with E-state index in [1.165, 1.54) is 45.2 Å². The van der Waals surface area contributed by atoms with E-state index in [1.807, 2.05) is 0 Å². The van der Waals surface area contributed by atoms with Crippen LogP contribution in [0, 0.1) is 7.14 Å². The summed E-state index contributed by atoms with van der Waals surface area (Å²) in [6, 6.07) is 0.644. The first kappa shape index (κ1) is 15.0. The van der Waals surface area contributed by atoms with Crippen molar-refractivity contribution in [3.63, 3.8) is 0 Å². The van der Waals surface area contributed by atoms with E-state index >= 15 is 0 Å². The third-order valence-electron chi connectivity index (χ3n) is 1.39. The van der Waals surface area contributed by atoms with Gasteiger partial charge in [0, 0.05) is 3.57 Å². The summed E-state index contributed by atoms with van der Waals surface area (Å²) in [6.45, 7) is 0. The van der Waals surface area contributed by atoms with Gasteiger partial charge in [0.25, 0.3) is 0 Å². The van der Waals surface area contributed by atoms with E-state index in [1.54, 1.807) is 0 Å². The maximum atomic E-state index is 12.3. The fraction of sp³-hybridized carbons (Fsp3) is 0.286. The van der Waals surface area contributed by atoms with Crippen LogP contribution in [0.2, 0.25) is 0 Å². The lowest BCUT2D eigenvalue weighted by Crippen LogP contribution is -2.20. The van der Waals surface area contributed by atoms with Crippen LogP contribution in [0.3, 0.4) is 0 Å². The highest BCUT2D eigenvalue weighted by atomic mass is 127. The Morgan fingerprint density at radius 2 is 1.59 bits per heavy atom. The van der Waals surface area contributed by atoms with Crippen molar-refractivity contribution in [3.05, 3.63) is 18.9 Å². The quantitative estimate of drug-likeness (QED) is 0.442. The van der Waals surface area contributed by atoms with Crippen LogP contribution in [0.15, 0.2) is 6.07 Å². The second-order valence-electron chi connectivity index (χ2n) is 2.65. The molecular formula is C7HF6I2NO. The van der Waals surface area contributed by atoms with Crippen molar-refractivity contribution in [1.82, 2.24) is 4.98 Å². The Morgan fingerprint density at radius 3 is 2.00 bits per heavy atom. The maximum absolute atomic E-state index is 12.3. The number of nitrogens with zero attached hydrogens (tertiary/aromatic N) is 1. The standard InChI is InChI=1S/C7HF6I2NO/c8-6(9,10)3-1-2(14)4(15)5(16-3)17-7(11,12)13/h1H. The molecule has 1 aromatic rings. The summed E-state index contributed by atoms with van der Waals surface area (Å²) in [7, 11) is 0. The minimum absolute atomic E-state index is 0.0234. The highest BCUT2D eigenvalue weighted by molar-refractivity contribution is 14.1. The lowest BCUT2D eigenvalue weighted by Gasteiger charge is -2.13. The van der Waals surface area contributed by atoms with Gasteiger partial charge in [0.1, 0.15) is 5.69 Å². The van der Waals surface area contributed by atoms with E-state index in [9.17, 15) is 26.3 Å². The number of aromatic nitrogens is 1. The average molecular weight is 483 g/mol. The normalized spacial score (nSPS) is 12.7. The molecule has 1 rings (SSSR count). The van der Waals surface area contributed by atoms with E-state index < -0.39 is 24.1 Å². The van der Waals surface area contributed by atoms with Crippen LogP contribution >= 0.6 is 45.2 Å². The smallest absolute Gasteiger partial charge is 0.387 e. The maximum Gasteiger partial charge on any atom is 0.574 e. The Morgan fingerprint density at radius 1 is 1.06 bits per heavy atom. The van der Waals surface area contributed by atoms with Gasteiger partial charge in [-0.1, -0.05) is 0 Å². The van der Waals surface area contributed by atoms with Gasteiger partial charge in [-0.3, -0.25) is 0 Å². The molecule has 0 fully saturated rings. The highest BCUT2D eigenvalue weighted by Gasteiger charge is 2.37. The van der Waals surface area contributed by atoms with Crippen LogP contribution in [0.4, 0.5) is 26.3 Å². The number of hydrogen-bond acceptors (Lipinski definition) is 2. The van der Waals surface area contributed by atoms with Crippen LogP contribution in [0.25, 0.3) is 0 Å². The van der Waals surface area contributed by atoms with Crippen LogP contribution < -0.4 is 4.74 Å². The lowest BCUT2D eigenvalue weighted by atomic mass is 10.3. The average Bonchev–Trinajstić information content (AvgIpc) is 2.08. The van der Waals surface area contributed by atoms with E-state index in [0.717, 1.165) is 0 Å². The number of hydrogen-bond donors (Lipinski definition) is 0. The van der Waals surface area contributed by atoms with Crippen molar-refractivity contribution < 1.29 is 31.1 Å². The van der Waals surface area contributed by atoms with Gasteiger partial charge in [-0.15, -0.1) is 13.2 Å². The second-order valence-corrected chi connectivity index (χ2v) is 4.89. The zero-order valence-electron chi connectivity index (χ0n) is 7.46. The summed E-state index contributed by atoms with van der Waals surface area (Å²) in [4.78, 5) is 2.81. The molecule has 0 aliphatic heterocycles. The van der Waals surface area contributed by atoms with Crippen LogP contribution in [-0.4, -0.2) is 11.3 Å². The molecule has 0 bridgehead atoms. The molecule has 0 atom stereocenters. The topological polar surface area (TPSA) is 22.1 Å². The Balaban J connectivity index is 3.26. The Labute approximate surface area is 118 Å². The molecule has 0 aliphatic carbocycles. The minimum Gasteiger partial charge on any atom is -0.387 e. The van der Waals surface area contributed by atoms with E-state index in [4.69, 9.17) is 0 Å². The Kier molecular flexibility index (Phi) is 4.37. The minimum atomic E-state index is -5.08. The number of rotatable bonds is 1. The number of ether oxygens (including phenoxy) is 1. The van der Waals surface area contributed by atoms with Gasteiger partial charge < -0.3 is 4.74 Å². The van der Waals surface area contributed by atoms with Gasteiger partial charge in [0.2, 0.25) is 5.88 Å². The summed E-state index contributed by atoms with van der Waals surface area (Å²) < 4.78 is 76.0. The largest absolute Gasteiger partial charge is 0.574 e. The van der Waals surface area contributed by atoms with Gasteiger partial charge in [0.05, 0.1) is 3.57 Å². The Hall–Kier alpha value is -0.01000. The molecule has 0 saturated heterocycles. The summed E-state index contributed by atoms with van der Waals surface area (Å²) in [5.74, 6) is -1.10. The van der Waals surface area contributed by atoms with Crippen LogP contribution in [0.5, 0.6) is 5.88 Å². The first-order valence-electron chi connectivity index (χ1n) is 3.69. The molecule has 1 heterocycles. The molecule has 2 nitrogen and oxygen atoms in total. The fourth-order valence-electron chi connectivity index (χ4n) is 0.799. The second kappa shape index (κ2) is 4.93. The summed E-state index contributed by atoms with van der Waals surface area (Å²) in [5, 5.41) is 0. The molecule has 0 spiro atoms. The number of halogens is 8. The summed E-state index contributed by atoms with van der Waals surface area (Å²) in [6.07, 6.45) is -9.91. The summed E-state index contributed by atoms with van der Waals surface area (Å²) >= 11 is 2.90. The molecule has 1 aromatic heterocycles. The molecule has 0 radical (unpaired) electrons. The highest BCUT2D eigenvalue weighted by Crippen LogP contribution is 2.35. The molecular weight excluding hydrogens is 482 g/mol. The SMILES string of the molecule is FC(F)(F)Oc1nc(C(F)(F)F)cc(I)c1I. The predicted molar refractivity (Wildman–Crippen MR) is 61.4 cm³/mol. The van der Waals surface area contributed by atoms with Crippen molar-refractivity contribution >= 4 is 45.2 Å². The molecule has 0 aliphatic rings. The summed E-state index contributed by atoms with van der Waals surface area (Å²) in [5.41, 5.74) is -1.43. The number of alkyl halides is 6. The van der Waals surface area contributed by atoms with Crippen LogP contribution in [0.1, 0.15) is 5.69 Å². The van der Waals surface area contributed by atoms with E-state index in [-0.39, 0.29) is 7.14 Å². The molecule has 17 heavy (non-hydrogen) atoms. The first-order chi connectivity index (χ1) is 7.50. The molecule has 10 heteroatoms. The van der Waals surface area contributed by atoms with Gasteiger partial charge in [-0.05, 0) is 51.2 Å². The lowest BCUT2D eigenvalue weighted by molar-refractivity contribution is -0.276. The monoisotopic (exact) mass is 483 g/mol. The van der Waals surface area contributed by atoms with Crippen molar-refractivity contribution in [2.24, 2.45) is 0 Å². The fourth-order valence-corrected chi connectivity index (χ4v) is 1.71. The zero-order chi connectivity index (χ0) is 13.4. The zero-order valence-corrected chi connectivity index (χ0v) is 11.8. The molecule has 96 valence electrons. The van der Waals surface area contributed by atoms with Crippen molar-refractivity contribution in [1.29, 1.82) is 0 Å². The van der Waals surface area contributed by atoms with Gasteiger partial charge in [0.15, 0.2) is 0 Å². The third-order valence-corrected chi connectivity index (χ3v) is 4.31. The van der Waals surface area contributed by atoms with E-state index in [2.05, 4.69) is 9.72 Å².